The maximum atomic E-state index is 12.0. The molecule has 2 aromatic rings. The first-order chi connectivity index (χ1) is 8.74. The predicted octanol–water partition coefficient (Wildman–Crippen LogP) is 2.70. The topological polar surface area (TPSA) is 44.9 Å². The molecule has 0 saturated heterocycles. The summed E-state index contributed by atoms with van der Waals surface area (Å²) >= 11 is 0. The fraction of sp³-hybridized carbons (Fsp3) is 0.267. The second-order valence-corrected chi connectivity index (χ2v) is 4.25. The van der Waals surface area contributed by atoms with Gasteiger partial charge in [-0.1, -0.05) is 37.5 Å². The van der Waals surface area contributed by atoms with E-state index in [-0.39, 0.29) is 11.9 Å². The quantitative estimate of drug-likeness (QED) is 0.793. The first-order valence-electron chi connectivity index (χ1n) is 6.09. The lowest BCUT2D eigenvalue weighted by molar-refractivity contribution is 0.0940. The summed E-state index contributed by atoms with van der Waals surface area (Å²) in [6, 6.07) is 9.42. The standard InChI is InChI=1S/C15H16N2O/c1-3-7-12(4-2)16-15(18)14-10-11-8-5-6-9-13(11)17-14/h2,5-6,8-10,12,17H,3,7H2,1H3,(H,16,18). The van der Waals surface area contributed by atoms with Gasteiger partial charge in [0.05, 0.1) is 6.04 Å². The summed E-state index contributed by atoms with van der Waals surface area (Å²) in [7, 11) is 0. The van der Waals surface area contributed by atoms with Crippen LogP contribution < -0.4 is 5.32 Å². The van der Waals surface area contributed by atoms with Crippen LogP contribution in [-0.2, 0) is 0 Å². The number of hydrogen-bond donors (Lipinski definition) is 2. The third-order valence-electron chi connectivity index (χ3n) is 2.86. The molecule has 0 aliphatic rings. The van der Waals surface area contributed by atoms with E-state index in [0.29, 0.717) is 5.69 Å². The third-order valence-corrected chi connectivity index (χ3v) is 2.86. The normalized spacial score (nSPS) is 12.0. The highest BCUT2D eigenvalue weighted by Crippen LogP contribution is 2.14. The molecule has 1 unspecified atom stereocenters. The van der Waals surface area contributed by atoms with E-state index >= 15 is 0 Å². The van der Waals surface area contributed by atoms with E-state index in [4.69, 9.17) is 6.42 Å². The van der Waals surface area contributed by atoms with Crippen molar-refractivity contribution in [3.63, 3.8) is 0 Å². The van der Waals surface area contributed by atoms with Crippen molar-refractivity contribution in [2.75, 3.05) is 0 Å². The molecule has 0 aliphatic heterocycles. The summed E-state index contributed by atoms with van der Waals surface area (Å²) in [5.41, 5.74) is 1.50. The highest BCUT2D eigenvalue weighted by molar-refractivity contribution is 5.98. The van der Waals surface area contributed by atoms with Crippen LogP contribution in [-0.4, -0.2) is 16.9 Å². The molecule has 2 N–H and O–H groups in total. The average Bonchev–Trinajstić information content (AvgIpc) is 2.82. The fourth-order valence-electron chi connectivity index (χ4n) is 1.92. The van der Waals surface area contributed by atoms with Crippen LogP contribution in [0.3, 0.4) is 0 Å². The van der Waals surface area contributed by atoms with Gasteiger partial charge in [-0.15, -0.1) is 6.42 Å². The lowest BCUT2D eigenvalue weighted by Crippen LogP contribution is -2.33. The Balaban J connectivity index is 2.16. The molecule has 0 aliphatic carbocycles. The number of carbonyl (C=O) groups is 1. The number of carbonyl (C=O) groups excluding carboxylic acids is 1. The highest BCUT2D eigenvalue weighted by Gasteiger charge is 2.12. The zero-order chi connectivity index (χ0) is 13.0. The van der Waals surface area contributed by atoms with Crippen LogP contribution in [0.1, 0.15) is 30.3 Å². The molecular weight excluding hydrogens is 224 g/mol. The van der Waals surface area contributed by atoms with Crippen LogP contribution in [0.25, 0.3) is 10.9 Å². The van der Waals surface area contributed by atoms with Crippen molar-refractivity contribution in [1.29, 1.82) is 0 Å². The van der Waals surface area contributed by atoms with Gasteiger partial charge in [0.25, 0.3) is 5.91 Å². The van der Waals surface area contributed by atoms with Gasteiger partial charge in [-0.05, 0) is 18.6 Å². The number of amides is 1. The fourth-order valence-corrected chi connectivity index (χ4v) is 1.92. The number of fused-ring (bicyclic) bond motifs is 1. The zero-order valence-corrected chi connectivity index (χ0v) is 10.4. The number of aromatic nitrogens is 1. The lowest BCUT2D eigenvalue weighted by atomic mass is 10.2. The molecular formula is C15H16N2O. The Morgan fingerprint density at radius 2 is 2.28 bits per heavy atom. The van der Waals surface area contributed by atoms with E-state index in [2.05, 4.69) is 16.2 Å². The molecule has 3 nitrogen and oxygen atoms in total. The lowest BCUT2D eigenvalue weighted by Gasteiger charge is -2.10. The highest BCUT2D eigenvalue weighted by atomic mass is 16.1. The minimum Gasteiger partial charge on any atom is -0.351 e. The van der Waals surface area contributed by atoms with Crippen molar-refractivity contribution in [1.82, 2.24) is 10.3 Å². The smallest absolute Gasteiger partial charge is 0.268 e. The molecule has 0 spiro atoms. The SMILES string of the molecule is C#CC(CCC)NC(=O)c1cc2ccccc2[nH]1. The Labute approximate surface area is 107 Å². The monoisotopic (exact) mass is 240 g/mol. The number of terminal acetylenes is 1. The van der Waals surface area contributed by atoms with Gasteiger partial charge in [0.15, 0.2) is 0 Å². The molecule has 0 saturated carbocycles. The van der Waals surface area contributed by atoms with E-state index in [9.17, 15) is 4.79 Å². The van der Waals surface area contributed by atoms with Crippen LogP contribution >= 0.6 is 0 Å². The molecule has 1 atom stereocenters. The molecule has 92 valence electrons. The van der Waals surface area contributed by atoms with Crippen LogP contribution in [0.2, 0.25) is 0 Å². The maximum Gasteiger partial charge on any atom is 0.268 e. The van der Waals surface area contributed by atoms with Crippen molar-refractivity contribution in [2.45, 2.75) is 25.8 Å². The number of benzene rings is 1. The van der Waals surface area contributed by atoms with Gasteiger partial charge >= 0.3 is 0 Å². The number of H-pyrrole nitrogens is 1. The summed E-state index contributed by atoms with van der Waals surface area (Å²) in [4.78, 5) is 15.1. The van der Waals surface area contributed by atoms with Crippen molar-refractivity contribution >= 4 is 16.8 Å². The van der Waals surface area contributed by atoms with Crippen LogP contribution in [0.15, 0.2) is 30.3 Å². The van der Waals surface area contributed by atoms with Crippen molar-refractivity contribution in [2.24, 2.45) is 0 Å². The third kappa shape index (κ3) is 2.54. The Morgan fingerprint density at radius 1 is 1.50 bits per heavy atom. The predicted molar refractivity (Wildman–Crippen MR) is 73.3 cm³/mol. The van der Waals surface area contributed by atoms with Crippen molar-refractivity contribution < 1.29 is 4.79 Å². The number of nitrogens with one attached hydrogen (secondary N) is 2. The summed E-state index contributed by atoms with van der Waals surface area (Å²) in [6.07, 6.45) is 7.13. The minimum absolute atomic E-state index is 0.150. The van der Waals surface area contributed by atoms with Gasteiger partial charge in [-0.25, -0.2) is 0 Å². The van der Waals surface area contributed by atoms with Crippen LogP contribution in [0.4, 0.5) is 0 Å². The first kappa shape index (κ1) is 12.3. The molecule has 0 fully saturated rings. The van der Waals surface area contributed by atoms with Gasteiger partial charge in [0.2, 0.25) is 0 Å². The van der Waals surface area contributed by atoms with Gasteiger partial charge < -0.3 is 10.3 Å². The Kier molecular flexibility index (Phi) is 3.69. The van der Waals surface area contributed by atoms with Gasteiger partial charge in [0, 0.05) is 10.9 Å². The van der Waals surface area contributed by atoms with Gasteiger partial charge in [0.1, 0.15) is 5.69 Å². The van der Waals surface area contributed by atoms with Gasteiger partial charge in [-0.2, -0.15) is 0 Å². The Morgan fingerprint density at radius 3 is 2.94 bits per heavy atom. The summed E-state index contributed by atoms with van der Waals surface area (Å²) < 4.78 is 0. The van der Waals surface area contributed by atoms with Gasteiger partial charge in [-0.3, -0.25) is 4.79 Å². The van der Waals surface area contributed by atoms with E-state index in [1.54, 1.807) is 0 Å². The average molecular weight is 240 g/mol. The largest absolute Gasteiger partial charge is 0.351 e. The Bertz CT molecular complexity index is 559. The molecule has 1 aromatic heterocycles. The Hall–Kier alpha value is -2.21. The number of rotatable bonds is 4. The van der Waals surface area contributed by atoms with E-state index < -0.39 is 0 Å². The molecule has 1 aromatic carbocycles. The second-order valence-electron chi connectivity index (χ2n) is 4.25. The van der Waals surface area contributed by atoms with Crippen molar-refractivity contribution in [3.8, 4) is 12.3 Å². The minimum atomic E-state index is -0.200. The van der Waals surface area contributed by atoms with Crippen LogP contribution in [0.5, 0.6) is 0 Å². The summed E-state index contributed by atoms with van der Waals surface area (Å²) in [5, 5.41) is 3.86. The molecule has 0 radical (unpaired) electrons. The zero-order valence-electron chi connectivity index (χ0n) is 10.4. The molecule has 0 bridgehead atoms. The molecule has 1 amide bonds. The van der Waals surface area contributed by atoms with Crippen LogP contribution in [0, 0.1) is 12.3 Å². The number of aromatic amines is 1. The molecule has 3 heteroatoms. The number of hydrogen-bond acceptors (Lipinski definition) is 1. The summed E-state index contributed by atoms with van der Waals surface area (Å²) in [6.45, 7) is 2.04. The van der Waals surface area contributed by atoms with E-state index in [1.165, 1.54) is 0 Å². The first-order valence-corrected chi connectivity index (χ1v) is 6.09. The molecule has 1 heterocycles. The molecule has 2 rings (SSSR count). The maximum absolute atomic E-state index is 12.0. The van der Waals surface area contributed by atoms with E-state index in [1.807, 2.05) is 37.3 Å². The molecule has 18 heavy (non-hydrogen) atoms. The van der Waals surface area contributed by atoms with Crippen molar-refractivity contribution in [3.05, 3.63) is 36.0 Å². The second kappa shape index (κ2) is 5.42. The van der Waals surface area contributed by atoms with E-state index in [0.717, 1.165) is 23.7 Å². The summed E-state index contributed by atoms with van der Waals surface area (Å²) in [5.74, 6) is 2.44. The number of para-hydroxylation sites is 1.